The van der Waals surface area contributed by atoms with Crippen LogP contribution in [0.2, 0.25) is 0 Å². The number of hydrogen-bond acceptors (Lipinski definition) is 4. The normalized spacial score (nSPS) is 11.3. The number of fused-ring (bicyclic) bond motifs is 1. The van der Waals surface area contributed by atoms with Crippen molar-refractivity contribution >= 4 is 49.0 Å². The maximum absolute atomic E-state index is 4.59. The van der Waals surface area contributed by atoms with E-state index in [9.17, 15) is 0 Å². The number of thiophene rings is 1. The molecule has 1 N–H and O–H groups in total. The van der Waals surface area contributed by atoms with E-state index in [1.165, 1.54) is 21.6 Å². The highest BCUT2D eigenvalue weighted by atomic mass is 79.9. The van der Waals surface area contributed by atoms with Gasteiger partial charge in [0.25, 0.3) is 0 Å². The summed E-state index contributed by atoms with van der Waals surface area (Å²) in [7, 11) is 0. The molecule has 0 spiro atoms. The van der Waals surface area contributed by atoms with E-state index in [-0.39, 0.29) is 0 Å². The fourth-order valence-electron chi connectivity index (χ4n) is 3.33. The van der Waals surface area contributed by atoms with Crippen molar-refractivity contribution in [1.29, 1.82) is 0 Å². The summed E-state index contributed by atoms with van der Waals surface area (Å²) in [5.41, 5.74) is 4.80. The molecule has 28 heavy (non-hydrogen) atoms. The number of aromatic nitrogens is 2. The van der Waals surface area contributed by atoms with E-state index in [2.05, 4.69) is 101 Å². The van der Waals surface area contributed by atoms with Crippen LogP contribution in [0.1, 0.15) is 37.1 Å². The van der Waals surface area contributed by atoms with Crippen LogP contribution in [0.3, 0.4) is 0 Å². The van der Waals surface area contributed by atoms with Gasteiger partial charge in [0.2, 0.25) is 0 Å². The maximum atomic E-state index is 4.59. The van der Waals surface area contributed by atoms with Crippen LogP contribution in [0.25, 0.3) is 21.3 Å². The third-order valence-corrected chi connectivity index (χ3v) is 6.63. The smallest absolute Gasteiger partial charge is 0.143 e. The predicted octanol–water partition coefficient (Wildman–Crippen LogP) is 7.55. The number of benzene rings is 2. The van der Waals surface area contributed by atoms with Crippen LogP contribution in [0.5, 0.6) is 0 Å². The van der Waals surface area contributed by atoms with Crippen molar-refractivity contribution in [2.75, 3.05) is 5.32 Å². The minimum atomic E-state index is 0.521. The third kappa shape index (κ3) is 3.69. The largest absolute Gasteiger partial charge is 0.340 e. The van der Waals surface area contributed by atoms with Gasteiger partial charge in [0, 0.05) is 20.6 Å². The first-order valence-electron chi connectivity index (χ1n) is 9.46. The number of nitrogens with one attached hydrogen (secondary N) is 1. The zero-order valence-electron chi connectivity index (χ0n) is 16.2. The van der Waals surface area contributed by atoms with Crippen LogP contribution in [-0.2, 0) is 6.42 Å². The summed E-state index contributed by atoms with van der Waals surface area (Å²) in [5, 5.41) is 4.62. The molecule has 0 unspecified atom stereocenters. The Balaban J connectivity index is 1.82. The number of anilines is 2. The van der Waals surface area contributed by atoms with Crippen LogP contribution in [0.15, 0.2) is 59.3 Å². The Labute approximate surface area is 178 Å². The summed E-state index contributed by atoms with van der Waals surface area (Å²) in [6.45, 7) is 6.61. The van der Waals surface area contributed by atoms with E-state index in [1.54, 1.807) is 17.7 Å². The Bertz CT molecular complexity index is 1100. The second-order valence-corrected chi connectivity index (χ2v) is 9.06. The van der Waals surface area contributed by atoms with Gasteiger partial charge < -0.3 is 5.32 Å². The highest BCUT2D eigenvalue weighted by molar-refractivity contribution is 9.10. The van der Waals surface area contributed by atoms with Gasteiger partial charge in [0.15, 0.2) is 0 Å². The molecule has 0 bridgehead atoms. The van der Waals surface area contributed by atoms with Crippen molar-refractivity contribution in [2.24, 2.45) is 0 Å². The first-order chi connectivity index (χ1) is 13.6. The Morgan fingerprint density at radius 3 is 2.36 bits per heavy atom. The fraction of sp³-hybridized carbons (Fsp3) is 0.217. The number of rotatable bonds is 5. The molecule has 5 heteroatoms. The average Bonchev–Trinajstić information content (AvgIpc) is 3.09. The summed E-state index contributed by atoms with van der Waals surface area (Å²) in [6.07, 6.45) is 2.61. The minimum absolute atomic E-state index is 0.521. The number of hydrogen-bond donors (Lipinski definition) is 1. The zero-order chi connectivity index (χ0) is 19.7. The molecule has 0 saturated carbocycles. The lowest BCUT2D eigenvalue weighted by atomic mass is 10.0. The SMILES string of the molecule is CCc1sc2ncnc(Nc3ccc(C(C)C)cc3)c2c1-c1ccc(Br)cc1. The van der Waals surface area contributed by atoms with Gasteiger partial charge in [-0.25, -0.2) is 9.97 Å². The number of halogens is 1. The van der Waals surface area contributed by atoms with Gasteiger partial charge in [-0.2, -0.15) is 0 Å². The molecule has 0 radical (unpaired) electrons. The Morgan fingerprint density at radius 1 is 1.00 bits per heavy atom. The van der Waals surface area contributed by atoms with Crippen LogP contribution >= 0.6 is 27.3 Å². The summed E-state index contributed by atoms with van der Waals surface area (Å²) < 4.78 is 1.08. The van der Waals surface area contributed by atoms with Crippen molar-refractivity contribution in [3.05, 3.63) is 69.8 Å². The van der Waals surface area contributed by atoms with Gasteiger partial charge in [-0.1, -0.05) is 61.0 Å². The molecule has 0 amide bonds. The molecule has 0 fully saturated rings. The molecule has 4 aromatic rings. The monoisotopic (exact) mass is 451 g/mol. The Hall–Kier alpha value is -2.24. The lowest BCUT2D eigenvalue weighted by Crippen LogP contribution is -1.96. The van der Waals surface area contributed by atoms with E-state index < -0.39 is 0 Å². The molecule has 0 aliphatic rings. The topological polar surface area (TPSA) is 37.8 Å². The van der Waals surface area contributed by atoms with Gasteiger partial charge in [-0.05, 0) is 47.7 Å². The number of aryl methyl sites for hydroxylation is 1. The van der Waals surface area contributed by atoms with Gasteiger partial charge in [0.1, 0.15) is 17.0 Å². The van der Waals surface area contributed by atoms with Crippen LogP contribution in [-0.4, -0.2) is 9.97 Å². The summed E-state index contributed by atoms with van der Waals surface area (Å²) >= 11 is 5.29. The van der Waals surface area contributed by atoms with Crippen molar-refractivity contribution < 1.29 is 0 Å². The Kier molecular flexibility index (Phi) is 5.47. The lowest BCUT2D eigenvalue weighted by molar-refractivity contribution is 0.867. The second kappa shape index (κ2) is 8.02. The number of nitrogens with zero attached hydrogens (tertiary/aromatic N) is 2. The third-order valence-electron chi connectivity index (χ3n) is 4.86. The molecular weight excluding hydrogens is 430 g/mol. The van der Waals surface area contributed by atoms with E-state index in [0.717, 1.165) is 32.6 Å². The van der Waals surface area contributed by atoms with Gasteiger partial charge in [0.05, 0.1) is 5.39 Å². The molecule has 4 rings (SSSR count). The molecule has 3 nitrogen and oxygen atoms in total. The van der Waals surface area contributed by atoms with E-state index >= 15 is 0 Å². The molecule has 142 valence electrons. The quantitative estimate of drug-likeness (QED) is 0.340. The molecular formula is C23H22BrN3S. The maximum Gasteiger partial charge on any atom is 0.143 e. The average molecular weight is 452 g/mol. The van der Waals surface area contributed by atoms with Gasteiger partial charge in [-0.15, -0.1) is 11.3 Å². The highest BCUT2D eigenvalue weighted by Crippen LogP contribution is 2.42. The Morgan fingerprint density at radius 2 is 1.71 bits per heavy atom. The van der Waals surface area contributed by atoms with Crippen molar-refractivity contribution in [1.82, 2.24) is 9.97 Å². The van der Waals surface area contributed by atoms with E-state index in [4.69, 9.17) is 0 Å². The summed E-state index contributed by atoms with van der Waals surface area (Å²) in [4.78, 5) is 11.5. The summed E-state index contributed by atoms with van der Waals surface area (Å²) in [5.74, 6) is 1.38. The standard InChI is InChI=1S/C23H22BrN3S/c1-4-19-20(16-5-9-17(24)10-6-16)21-22(25-13-26-23(21)28-19)27-18-11-7-15(8-12-18)14(2)3/h5-14H,4H2,1-3H3,(H,25,26,27). The molecule has 0 saturated heterocycles. The van der Waals surface area contributed by atoms with Crippen LogP contribution in [0.4, 0.5) is 11.5 Å². The zero-order valence-corrected chi connectivity index (χ0v) is 18.6. The van der Waals surface area contributed by atoms with Gasteiger partial charge >= 0.3 is 0 Å². The highest BCUT2D eigenvalue weighted by Gasteiger charge is 2.18. The van der Waals surface area contributed by atoms with E-state index in [1.807, 2.05) is 0 Å². The minimum Gasteiger partial charge on any atom is -0.340 e. The van der Waals surface area contributed by atoms with Crippen LogP contribution in [0, 0.1) is 0 Å². The summed E-state index contributed by atoms with van der Waals surface area (Å²) in [6, 6.07) is 17.1. The van der Waals surface area contributed by atoms with Crippen molar-refractivity contribution in [2.45, 2.75) is 33.1 Å². The molecule has 0 atom stereocenters. The molecule has 2 aromatic heterocycles. The molecule has 2 heterocycles. The second-order valence-electron chi connectivity index (χ2n) is 7.06. The van der Waals surface area contributed by atoms with Gasteiger partial charge in [-0.3, -0.25) is 0 Å². The van der Waals surface area contributed by atoms with E-state index in [0.29, 0.717) is 5.92 Å². The first kappa shape index (κ1) is 19.1. The predicted molar refractivity (Wildman–Crippen MR) is 124 cm³/mol. The molecule has 0 aliphatic heterocycles. The molecule has 0 aliphatic carbocycles. The van der Waals surface area contributed by atoms with Crippen molar-refractivity contribution in [3.63, 3.8) is 0 Å². The van der Waals surface area contributed by atoms with Crippen LogP contribution < -0.4 is 5.32 Å². The van der Waals surface area contributed by atoms with Crippen molar-refractivity contribution in [3.8, 4) is 11.1 Å². The lowest BCUT2D eigenvalue weighted by Gasteiger charge is -2.11. The fourth-order valence-corrected chi connectivity index (χ4v) is 4.70. The first-order valence-corrected chi connectivity index (χ1v) is 11.1. The molecule has 2 aromatic carbocycles.